The quantitative estimate of drug-likeness (QED) is 0.638. The van der Waals surface area contributed by atoms with E-state index in [2.05, 4.69) is 38.0 Å². The molecule has 0 bridgehead atoms. The normalized spacial score (nSPS) is 10.6. The molecule has 1 N–H and O–H groups in total. The van der Waals surface area contributed by atoms with Crippen molar-refractivity contribution < 1.29 is 4.74 Å². The van der Waals surface area contributed by atoms with E-state index in [-0.39, 0.29) is 0 Å². The second-order valence-electron chi connectivity index (χ2n) is 3.87. The monoisotopic (exact) mass is 356 g/mol. The van der Waals surface area contributed by atoms with E-state index >= 15 is 0 Å². The zero-order chi connectivity index (χ0) is 13.7. The van der Waals surface area contributed by atoms with Crippen molar-refractivity contribution in [1.29, 1.82) is 0 Å². The number of aromatic nitrogens is 2. The van der Waals surface area contributed by atoms with Gasteiger partial charge in [0.05, 0.1) is 12.4 Å². The Labute approximate surface area is 129 Å². The van der Waals surface area contributed by atoms with Crippen LogP contribution in [0.2, 0.25) is 0 Å². The topological polar surface area (TPSA) is 37.9 Å². The second-order valence-corrected chi connectivity index (χ2v) is 6.25. The highest BCUT2D eigenvalue weighted by atomic mass is 79.9. The third kappa shape index (κ3) is 4.72. The van der Waals surface area contributed by atoms with Crippen LogP contribution in [0.15, 0.2) is 39.7 Å². The van der Waals surface area contributed by atoms with Crippen LogP contribution in [0.1, 0.15) is 11.5 Å². The van der Waals surface area contributed by atoms with Gasteiger partial charge >= 0.3 is 0 Å². The average molecular weight is 357 g/mol. The van der Waals surface area contributed by atoms with Crippen LogP contribution in [-0.4, -0.2) is 17.1 Å². The molecule has 0 fully saturated rings. The van der Waals surface area contributed by atoms with E-state index in [1.165, 1.54) is 4.90 Å². The van der Waals surface area contributed by atoms with Crippen LogP contribution in [0.4, 0.5) is 0 Å². The predicted octanol–water partition coefficient (Wildman–Crippen LogP) is 4.34. The highest BCUT2D eigenvalue weighted by Gasteiger charge is 2.01. The number of nitrogens with one attached hydrogen (secondary N) is 1. The first kappa shape index (κ1) is 14.7. The molecule has 0 aliphatic rings. The van der Waals surface area contributed by atoms with Crippen molar-refractivity contribution >= 4 is 39.9 Å². The first-order chi connectivity index (χ1) is 9.17. The van der Waals surface area contributed by atoms with Gasteiger partial charge in [-0.2, -0.15) is 0 Å². The summed E-state index contributed by atoms with van der Waals surface area (Å²) in [6.45, 7) is 0.515. The molecule has 0 amide bonds. The van der Waals surface area contributed by atoms with Gasteiger partial charge in [-0.3, -0.25) is 0 Å². The molecular weight excluding hydrogens is 344 g/mol. The second kappa shape index (κ2) is 7.19. The molecule has 3 nitrogen and oxygen atoms in total. The summed E-state index contributed by atoms with van der Waals surface area (Å²) < 4.78 is 6.77. The van der Waals surface area contributed by atoms with Crippen LogP contribution in [0.25, 0.3) is 0 Å². The molecule has 19 heavy (non-hydrogen) atoms. The van der Waals surface area contributed by atoms with Crippen LogP contribution in [0.5, 0.6) is 0 Å². The van der Waals surface area contributed by atoms with Crippen molar-refractivity contribution in [2.24, 2.45) is 0 Å². The summed E-state index contributed by atoms with van der Waals surface area (Å²) >= 11 is 10.3. The first-order valence-corrected chi connectivity index (χ1v) is 7.82. The number of aromatic amines is 1. The third-order valence-corrected chi connectivity index (χ3v) is 4.03. The Kier molecular flexibility index (Phi) is 5.57. The molecule has 1 heterocycles. The van der Waals surface area contributed by atoms with Gasteiger partial charge in [0, 0.05) is 22.2 Å². The molecule has 0 radical (unpaired) electrons. The number of rotatable bonds is 5. The summed E-state index contributed by atoms with van der Waals surface area (Å²) in [4.78, 5) is 8.75. The van der Waals surface area contributed by atoms with Gasteiger partial charge in [-0.25, -0.2) is 4.98 Å². The molecule has 1 aromatic carbocycles. The minimum atomic E-state index is 0.515. The lowest BCUT2D eigenvalue weighted by Crippen LogP contribution is -1.99. The van der Waals surface area contributed by atoms with E-state index in [4.69, 9.17) is 17.0 Å². The molecule has 0 saturated carbocycles. The van der Waals surface area contributed by atoms with Gasteiger partial charge in [-0.1, -0.05) is 34.2 Å². The number of benzene rings is 1. The van der Waals surface area contributed by atoms with E-state index in [0.717, 1.165) is 21.7 Å². The molecule has 100 valence electrons. The highest BCUT2D eigenvalue weighted by Crippen LogP contribution is 2.24. The number of nitrogens with zero attached hydrogens (tertiary/aromatic N) is 1. The molecule has 2 rings (SSSR count). The third-order valence-electron chi connectivity index (χ3n) is 2.32. The molecule has 6 heteroatoms. The molecule has 1 aromatic heterocycles. The van der Waals surface area contributed by atoms with Crippen LogP contribution in [-0.2, 0) is 17.1 Å². The zero-order valence-corrected chi connectivity index (χ0v) is 13.6. The van der Waals surface area contributed by atoms with E-state index in [9.17, 15) is 0 Å². The van der Waals surface area contributed by atoms with Gasteiger partial charge in [0.2, 0.25) is 0 Å². The maximum atomic E-state index is 5.15. The van der Waals surface area contributed by atoms with Crippen molar-refractivity contribution in [1.82, 2.24) is 9.97 Å². The van der Waals surface area contributed by atoms with Crippen molar-refractivity contribution in [3.8, 4) is 0 Å². The Morgan fingerprint density at radius 3 is 3.00 bits per heavy atom. The minimum absolute atomic E-state index is 0.515. The summed E-state index contributed by atoms with van der Waals surface area (Å²) in [6, 6.07) is 10.0. The van der Waals surface area contributed by atoms with E-state index < -0.39 is 0 Å². The number of hydrogen-bond acceptors (Lipinski definition) is 4. The zero-order valence-electron chi connectivity index (χ0n) is 10.4. The van der Waals surface area contributed by atoms with Crippen molar-refractivity contribution in [2.75, 3.05) is 7.11 Å². The number of thioether (sulfide) groups is 1. The predicted molar refractivity (Wildman–Crippen MR) is 83.8 cm³/mol. The van der Waals surface area contributed by atoms with Crippen LogP contribution >= 0.6 is 39.9 Å². The number of H-pyrrole nitrogens is 1. The highest BCUT2D eigenvalue weighted by molar-refractivity contribution is 9.10. The minimum Gasteiger partial charge on any atom is -0.378 e. The fourth-order valence-corrected chi connectivity index (χ4v) is 3.20. The number of methoxy groups -OCH3 is 1. The van der Waals surface area contributed by atoms with Gasteiger partial charge in [0.25, 0.3) is 0 Å². The summed E-state index contributed by atoms with van der Waals surface area (Å²) in [6.07, 6.45) is 0. The van der Waals surface area contributed by atoms with Gasteiger partial charge in [0.15, 0.2) is 0 Å². The molecule has 0 saturated heterocycles. The standard InChI is InChI=1S/C13H13BrN2OS2/c1-17-7-10-6-13(18)16-12(15-10)8-19-11-4-2-3-9(14)5-11/h2-6H,7-8H2,1H3,(H,15,16,18). The maximum Gasteiger partial charge on any atom is 0.130 e. The van der Waals surface area contributed by atoms with Crippen LogP contribution in [0, 0.1) is 4.64 Å². The molecule has 2 aromatic rings. The maximum absolute atomic E-state index is 5.15. The van der Waals surface area contributed by atoms with Gasteiger partial charge in [0.1, 0.15) is 10.5 Å². The Bertz CT molecular complexity index is 616. The lowest BCUT2D eigenvalue weighted by molar-refractivity contribution is 0.181. The van der Waals surface area contributed by atoms with E-state index in [1.54, 1.807) is 18.9 Å². The fourth-order valence-electron chi connectivity index (χ4n) is 1.57. The number of halogens is 1. The van der Waals surface area contributed by atoms with Crippen LogP contribution < -0.4 is 0 Å². The van der Waals surface area contributed by atoms with Crippen molar-refractivity contribution in [3.05, 3.63) is 51.0 Å². The lowest BCUT2D eigenvalue weighted by Gasteiger charge is -2.05. The largest absolute Gasteiger partial charge is 0.378 e. The van der Waals surface area contributed by atoms with E-state index in [1.807, 2.05) is 18.2 Å². The molecular formula is C13H13BrN2OS2. The fraction of sp³-hybridized carbons (Fsp3) is 0.231. The molecule has 0 atom stereocenters. The number of ether oxygens (including phenoxy) is 1. The molecule has 0 unspecified atom stereocenters. The Morgan fingerprint density at radius 1 is 1.42 bits per heavy atom. The molecule has 0 aliphatic carbocycles. The van der Waals surface area contributed by atoms with Gasteiger partial charge < -0.3 is 9.72 Å². The summed E-state index contributed by atoms with van der Waals surface area (Å²) in [5, 5.41) is 0. The molecule has 0 spiro atoms. The first-order valence-electron chi connectivity index (χ1n) is 5.64. The van der Waals surface area contributed by atoms with Crippen LogP contribution in [0.3, 0.4) is 0 Å². The summed E-state index contributed by atoms with van der Waals surface area (Å²) in [7, 11) is 1.66. The van der Waals surface area contributed by atoms with Gasteiger partial charge in [-0.15, -0.1) is 11.8 Å². The van der Waals surface area contributed by atoms with Gasteiger partial charge in [-0.05, 0) is 24.3 Å². The SMILES string of the molecule is COCc1cc(=S)nc(CSc2cccc(Br)c2)[nH]1. The molecule has 0 aliphatic heterocycles. The number of hydrogen-bond donors (Lipinski definition) is 1. The smallest absolute Gasteiger partial charge is 0.130 e. The average Bonchev–Trinajstić information content (AvgIpc) is 2.36. The summed E-state index contributed by atoms with van der Waals surface area (Å²) in [5.41, 5.74) is 0.951. The Balaban J connectivity index is 2.09. The summed E-state index contributed by atoms with van der Waals surface area (Å²) in [5.74, 6) is 1.61. The van der Waals surface area contributed by atoms with E-state index in [0.29, 0.717) is 11.2 Å². The lowest BCUT2D eigenvalue weighted by atomic mass is 10.4. The van der Waals surface area contributed by atoms with Crippen molar-refractivity contribution in [2.45, 2.75) is 17.3 Å². The van der Waals surface area contributed by atoms with Crippen molar-refractivity contribution in [3.63, 3.8) is 0 Å². The Hall–Kier alpha value is -0.690. The Morgan fingerprint density at radius 2 is 2.26 bits per heavy atom.